The molecule has 98 valence electrons. The lowest BCUT2D eigenvalue weighted by atomic mass is 10.2. The van der Waals surface area contributed by atoms with Crippen molar-refractivity contribution in [1.29, 1.82) is 0 Å². The van der Waals surface area contributed by atoms with Crippen LogP contribution in [0.5, 0.6) is 0 Å². The maximum absolute atomic E-state index is 9.48. The van der Waals surface area contributed by atoms with Crippen molar-refractivity contribution in [3.63, 3.8) is 0 Å². The van der Waals surface area contributed by atoms with Gasteiger partial charge in [-0.05, 0) is 25.8 Å². The molecule has 5 nitrogen and oxygen atoms in total. The van der Waals surface area contributed by atoms with E-state index in [1.165, 1.54) is 0 Å². The highest BCUT2D eigenvalue weighted by Crippen LogP contribution is 1.92. The first kappa shape index (κ1) is 15.8. The highest BCUT2D eigenvalue weighted by atomic mass is 16.5. The molecule has 0 fully saturated rings. The van der Waals surface area contributed by atoms with Crippen LogP contribution < -0.4 is 5.32 Å². The Kier molecular flexibility index (Phi) is 12.7. The molecular formula is C11H25NO4. The summed E-state index contributed by atoms with van der Waals surface area (Å²) >= 11 is 0. The summed E-state index contributed by atoms with van der Waals surface area (Å²) in [4.78, 5) is 0. The van der Waals surface area contributed by atoms with Crippen LogP contribution in [0.4, 0.5) is 0 Å². The van der Waals surface area contributed by atoms with Crippen LogP contribution in [0.1, 0.15) is 19.3 Å². The van der Waals surface area contributed by atoms with E-state index < -0.39 is 6.10 Å². The quantitative estimate of drug-likeness (QED) is 0.407. The van der Waals surface area contributed by atoms with Gasteiger partial charge in [0.05, 0.1) is 25.9 Å². The van der Waals surface area contributed by atoms with Crippen molar-refractivity contribution in [2.45, 2.75) is 25.4 Å². The lowest BCUT2D eigenvalue weighted by Crippen LogP contribution is -2.31. The third-order valence-electron chi connectivity index (χ3n) is 2.13. The van der Waals surface area contributed by atoms with Gasteiger partial charge in [-0.3, -0.25) is 0 Å². The zero-order chi connectivity index (χ0) is 12.1. The van der Waals surface area contributed by atoms with Gasteiger partial charge in [-0.15, -0.1) is 0 Å². The average molecular weight is 235 g/mol. The molecule has 0 spiro atoms. The van der Waals surface area contributed by atoms with Gasteiger partial charge in [-0.1, -0.05) is 0 Å². The Morgan fingerprint density at radius 3 is 2.69 bits per heavy atom. The monoisotopic (exact) mass is 235 g/mol. The van der Waals surface area contributed by atoms with E-state index in [9.17, 15) is 5.11 Å². The number of rotatable bonds is 12. The third-order valence-corrected chi connectivity index (χ3v) is 2.13. The molecule has 0 rings (SSSR count). The summed E-state index contributed by atoms with van der Waals surface area (Å²) in [6.45, 7) is 3.09. The summed E-state index contributed by atoms with van der Waals surface area (Å²) < 4.78 is 10.0. The van der Waals surface area contributed by atoms with Gasteiger partial charge in [-0.2, -0.15) is 0 Å². The number of hydrogen-bond acceptors (Lipinski definition) is 5. The summed E-state index contributed by atoms with van der Waals surface area (Å²) in [6.07, 6.45) is 2.43. The third kappa shape index (κ3) is 11.9. The molecule has 5 heteroatoms. The van der Waals surface area contributed by atoms with Gasteiger partial charge in [0.1, 0.15) is 0 Å². The van der Waals surface area contributed by atoms with Crippen molar-refractivity contribution in [3.05, 3.63) is 0 Å². The first-order valence-corrected chi connectivity index (χ1v) is 5.87. The summed E-state index contributed by atoms with van der Waals surface area (Å²) in [5.41, 5.74) is 0. The van der Waals surface area contributed by atoms with Gasteiger partial charge in [0.15, 0.2) is 0 Å². The van der Waals surface area contributed by atoms with Crippen molar-refractivity contribution in [3.8, 4) is 0 Å². The van der Waals surface area contributed by atoms with Crippen LogP contribution in [-0.4, -0.2) is 62.9 Å². The minimum absolute atomic E-state index is 0.260. The van der Waals surface area contributed by atoms with Crippen molar-refractivity contribution >= 4 is 0 Å². The van der Waals surface area contributed by atoms with Crippen molar-refractivity contribution in [2.75, 3.05) is 46.6 Å². The van der Waals surface area contributed by atoms with Gasteiger partial charge in [0.25, 0.3) is 0 Å². The normalized spacial score (nSPS) is 12.9. The summed E-state index contributed by atoms with van der Waals surface area (Å²) in [6, 6.07) is 0. The molecule has 0 heterocycles. The second kappa shape index (κ2) is 12.9. The molecular weight excluding hydrogens is 210 g/mol. The topological polar surface area (TPSA) is 71.0 Å². The van der Waals surface area contributed by atoms with Gasteiger partial charge in [0, 0.05) is 20.3 Å². The van der Waals surface area contributed by atoms with Crippen molar-refractivity contribution in [1.82, 2.24) is 5.32 Å². The van der Waals surface area contributed by atoms with E-state index in [-0.39, 0.29) is 6.61 Å². The van der Waals surface area contributed by atoms with Gasteiger partial charge >= 0.3 is 0 Å². The first-order valence-electron chi connectivity index (χ1n) is 5.87. The summed E-state index contributed by atoms with van der Waals surface area (Å²) in [5.74, 6) is 0. The molecule has 0 aromatic heterocycles. The Balaban J connectivity index is 3.08. The molecule has 0 aliphatic carbocycles. The zero-order valence-corrected chi connectivity index (χ0v) is 10.2. The molecule has 0 aromatic carbocycles. The van der Waals surface area contributed by atoms with Gasteiger partial charge in [0.2, 0.25) is 0 Å². The van der Waals surface area contributed by atoms with E-state index in [0.717, 1.165) is 25.8 Å². The van der Waals surface area contributed by atoms with Crippen LogP contribution in [0, 0.1) is 0 Å². The standard InChI is InChI=1S/C11H25NO4/c1-15-7-8-16-10-11(14)9-12-5-3-2-4-6-13/h11-14H,2-10H2,1H3. The maximum Gasteiger partial charge on any atom is 0.0897 e. The number of methoxy groups -OCH3 is 1. The van der Waals surface area contributed by atoms with Crippen LogP contribution in [0.25, 0.3) is 0 Å². The largest absolute Gasteiger partial charge is 0.396 e. The highest BCUT2D eigenvalue weighted by Gasteiger charge is 2.02. The lowest BCUT2D eigenvalue weighted by Gasteiger charge is -2.12. The van der Waals surface area contributed by atoms with Crippen LogP contribution in [0.2, 0.25) is 0 Å². The fraction of sp³-hybridized carbons (Fsp3) is 1.00. The molecule has 0 saturated carbocycles. The molecule has 16 heavy (non-hydrogen) atoms. The van der Waals surface area contributed by atoms with Crippen LogP contribution in [0.15, 0.2) is 0 Å². The Hall–Kier alpha value is -0.200. The smallest absolute Gasteiger partial charge is 0.0897 e. The summed E-state index contributed by atoms with van der Waals surface area (Å²) in [5, 5.41) is 21.2. The zero-order valence-electron chi connectivity index (χ0n) is 10.2. The Labute approximate surface area is 97.8 Å². The molecule has 3 N–H and O–H groups in total. The molecule has 0 aliphatic rings. The van der Waals surface area contributed by atoms with E-state index in [4.69, 9.17) is 14.6 Å². The fourth-order valence-corrected chi connectivity index (χ4v) is 1.23. The first-order chi connectivity index (χ1) is 7.81. The van der Waals surface area contributed by atoms with E-state index >= 15 is 0 Å². The maximum atomic E-state index is 9.48. The van der Waals surface area contributed by atoms with Crippen molar-refractivity contribution < 1.29 is 19.7 Å². The molecule has 0 radical (unpaired) electrons. The van der Waals surface area contributed by atoms with E-state index in [2.05, 4.69) is 5.32 Å². The minimum Gasteiger partial charge on any atom is -0.396 e. The van der Waals surface area contributed by atoms with Crippen molar-refractivity contribution in [2.24, 2.45) is 0 Å². The molecule has 0 bridgehead atoms. The van der Waals surface area contributed by atoms with E-state index in [1.807, 2.05) is 0 Å². The van der Waals surface area contributed by atoms with E-state index in [1.54, 1.807) is 7.11 Å². The number of ether oxygens (including phenoxy) is 2. The molecule has 0 aromatic rings. The lowest BCUT2D eigenvalue weighted by molar-refractivity contribution is 0.0138. The Bertz CT molecular complexity index is 135. The predicted molar refractivity (Wildman–Crippen MR) is 62.5 cm³/mol. The van der Waals surface area contributed by atoms with Crippen LogP contribution in [0.3, 0.4) is 0 Å². The number of unbranched alkanes of at least 4 members (excludes halogenated alkanes) is 2. The predicted octanol–water partition coefficient (Wildman–Crippen LogP) is -0.237. The van der Waals surface area contributed by atoms with Crippen LogP contribution in [-0.2, 0) is 9.47 Å². The molecule has 1 unspecified atom stereocenters. The molecule has 0 aliphatic heterocycles. The highest BCUT2D eigenvalue weighted by molar-refractivity contribution is 4.58. The van der Waals surface area contributed by atoms with Crippen LogP contribution >= 0.6 is 0 Å². The second-order valence-corrected chi connectivity index (χ2v) is 3.71. The van der Waals surface area contributed by atoms with E-state index in [0.29, 0.717) is 26.4 Å². The van der Waals surface area contributed by atoms with Gasteiger partial charge < -0.3 is 25.0 Å². The fourth-order valence-electron chi connectivity index (χ4n) is 1.23. The number of hydrogen-bond donors (Lipinski definition) is 3. The summed E-state index contributed by atoms with van der Waals surface area (Å²) in [7, 11) is 1.62. The number of nitrogens with one attached hydrogen (secondary N) is 1. The second-order valence-electron chi connectivity index (χ2n) is 3.71. The number of aliphatic hydroxyl groups is 2. The minimum atomic E-state index is -0.463. The van der Waals surface area contributed by atoms with Gasteiger partial charge in [-0.25, -0.2) is 0 Å². The average Bonchev–Trinajstić information content (AvgIpc) is 2.29. The SMILES string of the molecule is COCCOCC(O)CNCCCCCO. The Morgan fingerprint density at radius 2 is 2.00 bits per heavy atom. The number of aliphatic hydroxyl groups excluding tert-OH is 2. The Morgan fingerprint density at radius 1 is 1.19 bits per heavy atom. The molecule has 0 amide bonds. The molecule has 0 saturated heterocycles. The molecule has 1 atom stereocenters.